The summed E-state index contributed by atoms with van der Waals surface area (Å²) in [5, 5.41) is 9.70. The van der Waals surface area contributed by atoms with Gasteiger partial charge in [0.05, 0.1) is 6.61 Å². The Hall–Kier alpha value is -4.74. The quantitative estimate of drug-likeness (QED) is 0.0373. The van der Waals surface area contributed by atoms with Gasteiger partial charge in [0.1, 0.15) is 6.61 Å². The van der Waals surface area contributed by atoms with Gasteiger partial charge < -0.3 is 14.6 Å². The molecule has 86 heavy (non-hydrogen) atoms. The van der Waals surface area contributed by atoms with E-state index in [-0.39, 0.29) is 25.2 Å². The lowest BCUT2D eigenvalue weighted by molar-refractivity contribution is -0.161. The highest BCUT2D eigenvalue weighted by atomic mass is 16.6. The third-order valence-electron chi connectivity index (χ3n) is 15.0. The molecule has 0 aromatic heterocycles. The molecule has 0 saturated carbocycles. The van der Waals surface area contributed by atoms with Gasteiger partial charge in [-0.2, -0.15) is 0 Å². The van der Waals surface area contributed by atoms with Gasteiger partial charge in [0.2, 0.25) is 0 Å². The first-order valence-corrected chi connectivity index (χ1v) is 35.7. The molecule has 0 fully saturated rings. The van der Waals surface area contributed by atoms with Gasteiger partial charge in [-0.05, 0) is 135 Å². The zero-order valence-electron chi connectivity index (χ0n) is 55.8. The molecule has 0 spiro atoms. The molecule has 0 aromatic carbocycles. The van der Waals surface area contributed by atoms with Crippen LogP contribution in [0.3, 0.4) is 0 Å². The van der Waals surface area contributed by atoms with Crippen molar-refractivity contribution in [1.29, 1.82) is 0 Å². The highest BCUT2D eigenvalue weighted by Gasteiger charge is 2.16. The summed E-state index contributed by atoms with van der Waals surface area (Å²) in [4.78, 5) is 24.7. The minimum absolute atomic E-state index is 0.0818. The number of rotatable bonds is 64. The molecule has 1 atom stereocenters. The van der Waals surface area contributed by atoms with Gasteiger partial charge in [-0.25, -0.2) is 0 Å². The third kappa shape index (κ3) is 71.7. The minimum Gasteiger partial charge on any atom is -0.462 e. The SMILES string of the molecule is CC/C=C\C/C=C\C/C=C\C/C=C\C/C=C\C/C=C\C/C=C\C/C=C\C/C=C\C/C=C\C/C=C\CCCCCCCC(=O)OC(CO)COC(=O)CCCCCCCCCCCCCCCCCCCC/C=C\C/C=C\C/C=C\CCCCCCC. The van der Waals surface area contributed by atoms with E-state index in [0.29, 0.717) is 12.8 Å². The first kappa shape index (κ1) is 81.3. The molecule has 1 N–H and O–H groups in total. The normalized spacial score (nSPS) is 13.3. The van der Waals surface area contributed by atoms with Gasteiger partial charge in [0.25, 0.3) is 0 Å². The Balaban J connectivity index is 3.58. The molecule has 0 saturated heterocycles. The van der Waals surface area contributed by atoms with Crippen molar-refractivity contribution in [3.8, 4) is 0 Å². The molecule has 5 nitrogen and oxygen atoms in total. The molecule has 0 bridgehead atoms. The largest absolute Gasteiger partial charge is 0.462 e. The van der Waals surface area contributed by atoms with Gasteiger partial charge in [0.15, 0.2) is 6.10 Å². The van der Waals surface area contributed by atoms with Crippen LogP contribution in [0.25, 0.3) is 0 Å². The van der Waals surface area contributed by atoms with E-state index in [1.165, 1.54) is 141 Å². The van der Waals surface area contributed by atoms with Crippen LogP contribution >= 0.6 is 0 Å². The van der Waals surface area contributed by atoms with Crippen molar-refractivity contribution in [2.45, 2.75) is 315 Å². The maximum absolute atomic E-state index is 12.4. The molecular formula is C81H132O5. The molecule has 0 heterocycles. The lowest BCUT2D eigenvalue weighted by atomic mass is 10.0. The zero-order chi connectivity index (χ0) is 61.9. The second-order valence-electron chi connectivity index (χ2n) is 23.2. The van der Waals surface area contributed by atoms with E-state index in [4.69, 9.17) is 9.47 Å². The smallest absolute Gasteiger partial charge is 0.306 e. The van der Waals surface area contributed by atoms with Crippen molar-refractivity contribution in [2.75, 3.05) is 13.2 Å². The molecule has 0 amide bonds. The molecule has 0 rings (SSSR count). The van der Waals surface area contributed by atoms with Crippen LogP contribution in [0.4, 0.5) is 0 Å². The number of unbranched alkanes of at least 4 members (excludes halogenated alkanes) is 28. The molecular weight excluding hydrogens is 1050 g/mol. The monoisotopic (exact) mass is 1190 g/mol. The first-order chi connectivity index (χ1) is 42.6. The van der Waals surface area contributed by atoms with Gasteiger partial charge >= 0.3 is 11.9 Å². The molecule has 1 unspecified atom stereocenters. The third-order valence-corrected chi connectivity index (χ3v) is 15.0. The predicted octanol–water partition coefficient (Wildman–Crippen LogP) is 25.2. The van der Waals surface area contributed by atoms with Crippen LogP contribution in [0, 0.1) is 0 Å². The van der Waals surface area contributed by atoms with Crippen LogP contribution in [0.2, 0.25) is 0 Å². The van der Waals surface area contributed by atoms with Crippen molar-refractivity contribution in [3.63, 3.8) is 0 Å². The Morgan fingerprint density at radius 2 is 0.500 bits per heavy atom. The van der Waals surface area contributed by atoms with Crippen LogP contribution in [-0.2, 0) is 19.1 Å². The fourth-order valence-electron chi connectivity index (χ4n) is 9.69. The number of aliphatic hydroxyl groups is 1. The number of hydrogen-bond donors (Lipinski definition) is 1. The zero-order valence-corrected chi connectivity index (χ0v) is 55.8. The lowest BCUT2D eigenvalue weighted by Crippen LogP contribution is -2.28. The average molecular weight is 1190 g/mol. The van der Waals surface area contributed by atoms with Crippen molar-refractivity contribution >= 4 is 11.9 Å². The Labute approximate surface area is 532 Å². The number of ether oxygens (including phenoxy) is 2. The van der Waals surface area contributed by atoms with E-state index in [9.17, 15) is 14.7 Å². The van der Waals surface area contributed by atoms with Crippen molar-refractivity contribution in [3.05, 3.63) is 170 Å². The van der Waals surface area contributed by atoms with Gasteiger partial charge in [-0.15, -0.1) is 0 Å². The molecule has 0 aromatic rings. The number of allylic oxidation sites excluding steroid dienone is 28. The highest BCUT2D eigenvalue weighted by Crippen LogP contribution is 2.16. The molecule has 0 aliphatic heterocycles. The number of esters is 2. The maximum Gasteiger partial charge on any atom is 0.306 e. The van der Waals surface area contributed by atoms with E-state index in [1.54, 1.807) is 0 Å². The van der Waals surface area contributed by atoms with E-state index >= 15 is 0 Å². The minimum atomic E-state index is -0.796. The fraction of sp³-hybridized carbons (Fsp3) is 0.630. The highest BCUT2D eigenvalue weighted by molar-refractivity contribution is 5.70. The Bertz CT molecular complexity index is 1870. The number of hydrogen-bond acceptors (Lipinski definition) is 5. The summed E-state index contributed by atoms with van der Waals surface area (Å²) in [7, 11) is 0. The topological polar surface area (TPSA) is 72.8 Å². The van der Waals surface area contributed by atoms with Crippen LogP contribution < -0.4 is 0 Å². The second kappa shape index (κ2) is 74.5. The second-order valence-corrected chi connectivity index (χ2v) is 23.2. The summed E-state index contributed by atoms with van der Waals surface area (Å²) in [6.07, 6.45) is 115. The van der Waals surface area contributed by atoms with Crippen LogP contribution in [-0.4, -0.2) is 36.4 Å². The molecule has 486 valence electrons. The van der Waals surface area contributed by atoms with Gasteiger partial charge in [0, 0.05) is 12.8 Å². The summed E-state index contributed by atoms with van der Waals surface area (Å²) in [5.74, 6) is -0.615. The summed E-state index contributed by atoms with van der Waals surface area (Å²) in [6.45, 7) is 4.01. The molecule has 0 aliphatic rings. The van der Waals surface area contributed by atoms with Crippen LogP contribution in [0.15, 0.2) is 170 Å². The van der Waals surface area contributed by atoms with Crippen LogP contribution in [0.5, 0.6) is 0 Å². The van der Waals surface area contributed by atoms with Crippen LogP contribution in [0.1, 0.15) is 309 Å². The lowest BCUT2D eigenvalue weighted by Gasteiger charge is -2.15. The average Bonchev–Trinajstić information content (AvgIpc) is 3.55. The molecule has 0 aliphatic carbocycles. The molecule has 0 radical (unpaired) electrons. The number of carbonyl (C=O) groups excluding carboxylic acids is 2. The maximum atomic E-state index is 12.4. The fourth-order valence-corrected chi connectivity index (χ4v) is 9.69. The Kier molecular flexibility index (Phi) is 70.4. The van der Waals surface area contributed by atoms with E-state index < -0.39 is 6.10 Å². The summed E-state index contributed by atoms with van der Waals surface area (Å²) in [5.41, 5.74) is 0. The summed E-state index contributed by atoms with van der Waals surface area (Å²) >= 11 is 0. The predicted molar refractivity (Wildman–Crippen MR) is 380 cm³/mol. The summed E-state index contributed by atoms with van der Waals surface area (Å²) < 4.78 is 10.7. The standard InChI is InChI=1S/C81H132O5/c1-3-5-7-9-11-13-15-17-19-21-23-25-27-29-31-33-35-37-38-39-40-41-42-44-46-48-50-52-54-56-58-60-62-64-66-68-70-72-74-76-81(84)86-79(77-82)78-85-80(83)75-73-71-69-67-65-63-61-59-57-55-53-51-49-47-45-43-36-34-32-30-28-26-24-22-20-18-16-14-12-10-8-6-4-2/h5,7,11,13,16-19,22-25,28-31,35,37,39-40,42,44,48,50,54,56,60,62,79,82H,3-4,6,8-10,12,14-15,20-21,26-27,32-34,36,38,41,43,45-47,49,51-53,55,57-59,61,63-78H2,1-2H3/b7-5-,13-11-,18-16-,19-17-,24-22-,25-23-,30-28-,31-29-,37-35-,40-39-,44-42-,50-48-,56-54-,62-60-. The molecule has 5 heteroatoms. The van der Waals surface area contributed by atoms with Crippen molar-refractivity contribution in [2.24, 2.45) is 0 Å². The van der Waals surface area contributed by atoms with E-state index in [2.05, 4.69) is 184 Å². The van der Waals surface area contributed by atoms with Crippen molar-refractivity contribution < 1.29 is 24.2 Å². The Morgan fingerprint density at radius 1 is 0.279 bits per heavy atom. The Morgan fingerprint density at radius 3 is 0.756 bits per heavy atom. The van der Waals surface area contributed by atoms with Crippen molar-refractivity contribution in [1.82, 2.24) is 0 Å². The number of carbonyl (C=O) groups is 2. The first-order valence-electron chi connectivity index (χ1n) is 35.7. The number of aliphatic hydroxyl groups excluding tert-OH is 1. The van der Waals surface area contributed by atoms with E-state index in [1.807, 2.05) is 0 Å². The van der Waals surface area contributed by atoms with Gasteiger partial charge in [-0.1, -0.05) is 332 Å². The van der Waals surface area contributed by atoms with Gasteiger partial charge in [-0.3, -0.25) is 9.59 Å². The van der Waals surface area contributed by atoms with E-state index in [0.717, 1.165) is 141 Å². The summed E-state index contributed by atoms with van der Waals surface area (Å²) in [6, 6.07) is 0.